The fourth-order valence-electron chi connectivity index (χ4n) is 8.01. The Labute approximate surface area is 270 Å². The third-order valence-corrected chi connectivity index (χ3v) is 10.3. The van der Waals surface area contributed by atoms with Gasteiger partial charge in [-0.05, 0) is 98.1 Å². The van der Waals surface area contributed by atoms with Crippen LogP contribution in [0.3, 0.4) is 0 Å². The average Bonchev–Trinajstić information content (AvgIpc) is 3.45. The van der Waals surface area contributed by atoms with Crippen LogP contribution in [0, 0.1) is 29.3 Å². The van der Waals surface area contributed by atoms with Crippen molar-refractivity contribution in [3.05, 3.63) is 71.0 Å². The van der Waals surface area contributed by atoms with Crippen LogP contribution in [0.5, 0.6) is 0 Å². The maximum Gasteiger partial charge on any atom is 0.410 e. The smallest absolute Gasteiger partial charge is 0.410 e. The molecule has 0 aromatic heterocycles. The molecular formula is C36H48F3N3O4. The molecule has 2 N–H and O–H groups in total. The summed E-state index contributed by atoms with van der Waals surface area (Å²) in [5.74, 6) is -2.44. The molecule has 7 nitrogen and oxygen atoms in total. The minimum atomic E-state index is -0.971. The summed E-state index contributed by atoms with van der Waals surface area (Å²) in [5, 5.41) is 13.6. The predicted octanol–water partition coefficient (Wildman–Crippen LogP) is 7.10. The number of likely N-dealkylation sites (tertiary alicyclic amines) is 1. The van der Waals surface area contributed by atoms with Gasteiger partial charge in [0.25, 0.3) is 0 Å². The van der Waals surface area contributed by atoms with Crippen molar-refractivity contribution >= 4 is 12.1 Å². The van der Waals surface area contributed by atoms with E-state index in [0.29, 0.717) is 12.1 Å². The van der Waals surface area contributed by atoms with Crippen LogP contribution in [-0.2, 0) is 16.1 Å². The molecule has 5 rings (SSSR count). The van der Waals surface area contributed by atoms with Crippen molar-refractivity contribution < 1.29 is 32.6 Å². The Morgan fingerprint density at radius 1 is 1.00 bits per heavy atom. The summed E-state index contributed by atoms with van der Waals surface area (Å²) >= 11 is 0. The van der Waals surface area contributed by atoms with Gasteiger partial charge in [-0.1, -0.05) is 44.4 Å². The summed E-state index contributed by atoms with van der Waals surface area (Å²) in [6.07, 6.45) is 8.68. The highest BCUT2D eigenvalue weighted by Gasteiger charge is 2.40. The first-order chi connectivity index (χ1) is 22.2. The van der Waals surface area contributed by atoms with Crippen molar-refractivity contribution in [3.8, 4) is 0 Å². The molecule has 1 aliphatic heterocycles. The molecule has 0 radical (unpaired) electrons. The molecule has 0 spiro atoms. The fourth-order valence-corrected chi connectivity index (χ4v) is 8.01. The van der Waals surface area contributed by atoms with Crippen LogP contribution in [0.2, 0.25) is 0 Å². The molecule has 46 heavy (non-hydrogen) atoms. The average molecular weight is 644 g/mol. The first-order valence-corrected chi connectivity index (χ1v) is 17.1. The van der Waals surface area contributed by atoms with E-state index < -0.39 is 29.7 Å². The Hall–Kier alpha value is -3.11. The summed E-state index contributed by atoms with van der Waals surface area (Å²) in [6.45, 7) is 4.84. The van der Waals surface area contributed by atoms with Gasteiger partial charge in [0.05, 0.1) is 0 Å². The molecule has 10 heteroatoms. The van der Waals surface area contributed by atoms with Gasteiger partial charge < -0.3 is 25.0 Å². The minimum absolute atomic E-state index is 0.0116. The standard InChI is InChI=1S/C36H48F3N3O4/c1-2-15-42(36(45)46-23-24-11-12-32(38)33(39)18-24)30-13-16-41(17-14-30)22-27-20-29(21-31(27)26-9-6-10-28(37)19-26)40-34(35(43)44)25-7-4-3-5-8-25/h6,9-12,18-19,25,27,29-31,34,40H,2-5,7-8,13-17,20-23H2,1H3,(H,43,44)/t27-,29?,31-,34-/m1/s1. The molecule has 1 saturated heterocycles. The second kappa shape index (κ2) is 16.1. The number of aliphatic carboxylic acids is 1. The van der Waals surface area contributed by atoms with E-state index in [4.69, 9.17) is 4.74 Å². The van der Waals surface area contributed by atoms with Crippen LogP contribution in [-0.4, -0.2) is 71.3 Å². The zero-order valence-electron chi connectivity index (χ0n) is 26.8. The van der Waals surface area contributed by atoms with Crippen molar-refractivity contribution in [1.82, 2.24) is 15.1 Å². The lowest BCUT2D eigenvalue weighted by Crippen LogP contribution is -2.49. The molecule has 3 fully saturated rings. The highest BCUT2D eigenvalue weighted by atomic mass is 19.2. The first-order valence-electron chi connectivity index (χ1n) is 17.1. The number of piperidine rings is 1. The quantitative estimate of drug-likeness (QED) is 0.257. The van der Waals surface area contributed by atoms with Gasteiger partial charge in [-0.15, -0.1) is 0 Å². The molecule has 1 unspecified atom stereocenters. The Kier molecular flexibility index (Phi) is 12.0. The first kappa shape index (κ1) is 34.2. The summed E-state index contributed by atoms with van der Waals surface area (Å²) in [6, 6.07) is 9.80. The van der Waals surface area contributed by atoms with E-state index >= 15 is 0 Å². The van der Waals surface area contributed by atoms with E-state index in [0.717, 1.165) is 95.1 Å². The Morgan fingerprint density at radius 2 is 1.76 bits per heavy atom. The maximum atomic E-state index is 14.3. The van der Waals surface area contributed by atoms with Crippen LogP contribution in [0.4, 0.5) is 18.0 Å². The van der Waals surface area contributed by atoms with Gasteiger partial charge >= 0.3 is 12.1 Å². The van der Waals surface area contributed by atoms with Gasteiger partial charge in [-0.3, -0.25) is 4.79 Å². The highest BCUT2D eigenvalue weighted by Crippen LogP contribution is 2.42. The number of hydrogen-bond donors (Lipinski definition) is 2. The van der Waals surface area contributed by atoms with Crippen molar-refractivity contribution in [2.24, 2.45) is 11.8 Å². The topological polar surface area (TPSA) is 82.1 Å². The number of nitrogens with zero attached hydrogens (tertiary/aromatic N) is 2. The molecule has 2 saturated carbocycles. The minimum Gasteiger partial charge on any atom is -0.480 e. The largest absolute Gasteiger partial charge is 0.480 e. The van der Waals surface area contributed by atoms with Gasteiger partial charge in [-0.2, -0.15) is 0 Å². The number of nitrogens with one attached hydrogen (secondary N) is 1. The maximum absolute atomic E-state index is 14.3. The van der Waals surface area contributed by atoms with Crippen LogP contribution in [0.25, 0.3) is 0 Å². The molecule has 252 valence electrons. The van der Waals surface area contributed by atoms with Crippen molar-refractivity contribution in [2.45, 2.75) is 102 Å². The third kappa shape index (κ3) is 8.82. The van der Waals surface area contributed by atoms with Gasteiger partial charge in [0.15, 0.2) is 11.6 Å². The number of amides is 1. The third-order valence-electron chi connectivity index (χ3n) is 10.3. The molecular weight excluding hydrogens is 595 g/mol. The SMILES string of the molecule is CCCN(C(=O)OCc1ccc(F)c(F)c1)C1CCN(C[C@H]2CC(N[C@@H](C(=O)O)C3CCCCC3)C[C@@H]2c2cccc(F)c2)CC1. The highest BCUT2D eigenvalue weighted by molar-refractivity contribution is 5.74. The molecule has 0 bridgehead atoms. The molecule has 2 aromatic carbocycles. The molecule has 3 aliphatic rings. The van der Waals surface area contributed by atoms with E-state index in [1.54, 1.807) is 17.0 Å². The lowest BCUT2D eigenvalue weighted by atomic mass is 9.83. The predicted molar refractivity (Wildman–Crippen MR) is 170 cm³/mol. The summed E-state index contributed by atoms with van der Waals surface area (Å²) in [4.78, 5) is 29.6. The number of carbonyl (C=O) groups excluding carboxylic acids is 1. The zero-order chi connectivity index (χ0) is 32.6. The normalized spacial score (nSPS) is 23.7. The second-order valence-electron chi connectivity index (χ2n) is 13.5. The number of carbonyl (C=O) groups is 2. The number of benzene rings is 2. The van der Waals surface area contributed by atoms with Crippen molar-refractivity contribution in [2.75, 3.05) is 26.2 Å². The van der Waals surface area contributed by atoms with Gasteiger partial charge in [0, 0.05) is 38.3 Å². The van der Waals surface area contributed by atoms with Gasteiger partial charge in [0.2, 0.25) is 0 Å². The summed E-state index contributed by atoms with van der Waals surface area (Å²) < 4.78 is 46.7. The second-order valence-corrected chi connectivity index (χ2v) is 13.5. The molecule has 2 aliphatic carbocycles. The van der Waals surface area contributed by atoms with Crippen molar-refractivity contribution in [3.63, 3.8) is 0 Å². The number of hydrogen-bond acceptors (Lipinski definition) is 5. The van der Waals surface area contributed by atoms with Crippen LogP contribution < -0.4 is 5.32 Å². The number of ether oxygens (including phenoxy) is 1. The number of halogens is 3. The summed E-state index contributed by atoms with van der Waals surface area (Å²) in [5.41, 5.74) is 1.36. The number of carboxylic acids is 1. The number of carboxylic acid groups (broad SMARTS) is 1. The lowest BCUT2D eigenvalue weighted by molar-refractivity contribution is -0.141. The lowest BCUT2D eigenvalue weighted by Gasteiger charge is -2.39. The van der Waals surface area contributed by atoms with E-state index in [1.165, 1.54) is 18.6 Å². The monoisotopic (exact) mass is 643 g/mol. The molecule has 4 atom stereocenters. The Bertz CT molecular complexity index is 1320. The Balaban J connectivity index is 1.19. The molecule has 1 heterocycles. The van der Waals surface area contributed by atoms with Crippen LogP contribution in [0.1, 0.15) is 88.2 Å². The zero-order valence-corrected chi connectivity index (χ0v) is 26.8. The van der Waals surface area contributed by atoms with Crippen molar-refractivity contribution in [1.29, 1.82) is 0 Å². The van der Waals surface area contributed by atoms with E-state index in [2.05, 4.69) is 10.2 Å². The van der Waals surface area contributed by atoms with Crippen LogP contribution in [0.15, 0.2) is 42.5 Å². The van der Waals surface area contributed by atoms with E-state index in [1.807, 2.05) is 13.0 Å². The summed E-state index contributed by atoms with van der Waals surface area (Å²) in [7, 11) is 0. The van der Waals surface area contributed by atoms with Crippen LogP contribution >= 0.6 is 0 Å². The van der Waals surface area contributed by atoms with E-state index in [9.17, 15) is 27.9 Å². The Morgan fingerprint density at radius 3 is 2.43 bits per heavy atom. The van der Waals surface area contributed by atoms with Gasteiger partial charge in [0.1, 0.15) is 18.5 Å². The molecule has 2 aromatic rings. The molecule has 1 amide bonds. The van der Waals surface area contributed by atoms with E-state index in [-0.39, 0.29) is 42.3 Å². The fraction of sp³-hybridized carbons (Fsp3) is 0.611. The van der Waals surface area contributed by atoms with Gasteiger partial charge in [-0.25, -0.2) is 18.0 Å². The number of rotatable bonds is 12.